The molecule has 3 heterocycles. The Bertz CT molecular complexity index is 753. The van der Waals surface area contributed by atoms with Gasteiger partial charge in [0.15, 0.2) is 5.76 Å². The van der Waals surface area contributed by atoms with Crippen molar-refractivity contribution < 1.29 is 18.4 Å². The van der Waals surface area contributed by atoms with Crippen molar-refractivity contribution in [3.63, 3.8) is 0 Å². The molecule has 5 nitrogen and oxygen atoms in total. The van der Waals surface area contributed by atoms with Crippen LogP contribution in [0.15, 0.2) is 34.9 Å². The molecular formula is C20H23FN2O3. The predicted molar refractivity (Wildman–Crippen MR) is 93.8 cm³/mol. The average molecular weight is 358 g/mol. The molecule has 138 valence electrons. The van der Waals surface area contributed by atoms with Gasteiger partial charge in [0.1, 0.15) is 17.6 Å². The topological polar surface area (TPSA) is 55.6 Å². The number of amides is 1. The molecule has 26 heavy (non-hydrogen) atoms. The van der Waals surface area contributed by atoms with Gasteiger partial charge in [0.05, 0.1) is 6.04 Å². The summed E-state index contributed by atoms with van der Waals surface area (Å²) >= 11 is 0. The second-order valence-corrected chi connectivity index (χ2v) is 7.02. The minimum absolute atomic E-state index is 0.0701. The Morgan fingerprint density at radius 2 is 1.96 bits per heavy atom. The summed E-state index contributed by atoms with van der Waals surface area (Å²) in [5.41, 5.74) is 1.54. The summed E-state index contributed by atoms with van der Waals surface area (Å²) in [5.74, 6) is 0.375. The zero-order valence-corrected chi connectivity index (χ0v) is 14.7. The first kappa shape index (κ1) is 17.2. The minimum Gasteiger partial charge on any atom is -0.368 e. The van der Waals surface area contributed by atoms with Crippen molar-refractivity contribution in [2.45, 2.75) is 50.7 Å². The summed E-state index contributed by atoms with van der Waals surface area (Å²) in [6.45, 7) is 1.38. The Kier molecular flexibility index (Phi) is 5.02. The third-order valence-corrected chi connectivity index (χ3v) is 5.24. The van der Waals surface area contributed by atoms with Crippen LogP contribution >= 0.6 is 0 Å². The number of carbonyl (C=O) groups excluding carboxylic acids is 1. The van der Waals surface area contributed by atoms with Crippen LogP contribution in [0.3, 0.4) is 0 Å². The van der Waals surface area contributed by atoms with Crippen molar-refractivity contribution >= 4 is 5.91 Å². The highest BCUT2D eigenvalue weighted by atomic mass is 19.1. The zero-order valence-electron chi connectivity index (χ0n) is 14.7. The van der Waals surface area contributed by atoms with Crippen LogP contribution < -0.4 is 0 Å². The van der Waals surface area contributed by atoms with Crippen LogP contribution in [0.2, 0.25) is 0 Å². The predicted octanol–water partition coefficient (Wildman–Crippen LogP) is 4.10. The van der Waals surface area contributed by atoms with Crippen molar-refractivity contribution in [1.82, 2.24) is 10.1 Å². The second kappa shape index (κ2) is 7.58. The van der Waals surface area contributed by atoms with Crippen LogP contribution in [0, 0.1) is 5.82 Å². The number of rotatable bonds is 3. The lowest BCUT2D eigenvalue weighted by atomic mass is 10.0. The molecule has 2 aromatic rings. The van der Waals surface area contributed by atoms with Crippen molar-refractivity contribution in [3.05, 3.63) is 41.8 Å². The fourth-order valence-corrected chi connectivity index (χ4v) is 3.83. The Labute approximate surface area is 152 Å². The van der Waals surface area contributed by atoms with E-state index < -0.39 is 0 Å². The van der Waals surface area contributed by atoms with Gasteiger partial charge in [-0.15, -0.1) is 0 Å². The summed E-state index contributed by atoms with van der Waals surface area (Å²) in [6.07, 6.45) is 5.44. The van der Waals surface area contributed by atoms with Crippen LogP contribution in [0.1, 0.15) is 50.3 Å². The monoisotopic (exact) mass is 358 g/mol. The van der Waals surface area contributed by atoms with E-state index in [1.54, 1.807) is 12.1 Å². The van der Waals surface area contributed by atoms with Crippen molar-refractivity contribution in [1.29, 1.82) is 0 Å². The molecule has 2 atom stereocenters. The molecule has 2 saturated heterocycles. The normalized spacial score (nSPS) is 23.8. The summed E-state index contributed by atoms with van der Waals surface area (Å²) < 4.78 is 24.2. The highest BCUT2D eigenvalue weighted by Crippen LogP contribution is 2.33. The molecule has 4 rings (SSSR count). The second-order valence-electron chi connectivity index (χ2n) is 7.02. The lowest BCUT2D eigenvalue weighted by molar-refractivity contribution is -0.143. The van der Waals surface area contributed by atoms with Crippen molar-refractivity contribution in [3.8, 4) is 11.3 Å². The van der Waals surface area contributed by atoms with E-state index in [1.807, 2.05) is 11.0 Å². The first-order valence-electron chi connectivity index (χ1n) is 9.37. The Balaban J connectivity index is 1.58. The molecule has 6 heteroatoms. The number of aromatic nitrogens is 1. The molecule has 0 aliphatic carbocycles. The largest absolute Gasteiger partial charge is 0.368 e. The van der Waals surface area contributed by atoms with E-state index in [0.29, 0.717) is 12.4 Å². The fraction of sp³-hybridized carbons (Fsp3) is 0.500. The molecular weight excluding hydrogens is 335 g/mol. The van der Waals surface area contributed by atoms with E-state index in [4.69, 9.17) is 9.26 Å². The summed E-state index contributed by atoms with van der Waals surface area (Å²) in [5, 5.41) is 4.24. The SMILES string of the molecule is O=C([C@@H]1CCCO1)N1CCCCC[C@@H]1c1cc(-c2ccc(F)cc2)on1. The number of ether oxygens (including phenoxy) is 1. The molecule has 0 bridgehead atoms. The Hall–Kier alpha value is -2.21. The van der Waals surface area contributed by atoms with Gasteiger partial charge >= 0.3 is 0 Å². The van der Waals surface area contributed by atoms with E-state index in [-0.39, 0.29) is 23.9 Å². The maximum absolute atomic E-state index is 13.1. The van der Waals surface area contributed by atoms with Gasteiger partial charge in [0, 0.05) is 24.8 Å². The molecule has 2 aliphatic rings. The number of hydrogen-bond acceptors (Lipinski definition) is 4. The van der Waals surface area contributed by atoms with Gasteiger partial charge in [-0.05, 0) is 49.9 Å². The maximum atomic E-state index is 13.1. The van der Waals surface area contributed by atoms with Gasteiger partial charge in [0.25, 0.3) is 5.91 Å². The van der Waals surface area contributed by atoms with Gasteiger partial charge in [-0.25, -0.2) is 4.39 Å². The molecule has 2 aliphatic heterocycles. The molecule has 2 fully saturated rings. The highest BCUT2D eigenvalue weighted by Gasteiger charge is 2.35. The number of nitrogens with zero attached hydrogens (tertiary/aromatic N) is 2. The van der Waals surface area contributed by atoms with E-state index >= 15 is 0 Å². The molecule has 0 N–H and O–H groups in total. The van der Waals surface area contributed by atoms with Gasteiger partial charge in [0.2, 0.25) is 0 Å². The van der Waals surface area contributed by atoms with Gasteiger partial charge in [-0.3, -0.25) is 4.79 Å². The van der Waals surface area contributed by atoms with Crippen LogP contribution in [0.4, 0.5) is 4.39 Å². The average Bonchev–Trinajstić information content (AvgIpc) is 3.30. The van der Waals surface area contributed by atoms with Crippen molar-refractivity contribution in [2.75, 3.05) is 13.2 Å². The van der Waals surface area contributed by atoms with E-state index in [1.165, 1.54) is 12.1 Å². The van der Waals surface area contributed by atoms with Crippen molar-refractivity contribution in [2.24, 2.45) is 0 Å². The first-order chi connectivity index (χ1) is 12.7. The smallest absolute Gasteiger partial charge is 0.252 e. The number of carbonyl (C=O) groups is 1. The first-order valence-corrected chi connectivity index (χ1v) is 9.37. The molecule has 1 amide bonds. The standard InChI is InChI=1S/C20H23FN2O3/c21-15-9-7-14(8-10-15)19-13-16(22-26-19)17-5-2-1-3-11-23(17)20(24)18-6-4-12-25-18/h7-10,13,17-18H,1-6,11-12H2/t17-,18+/m1/s1. The van der Waals surface area contributed by atoms with Gasteiger partial charge in [-0.1, -0.05) is 18.0 Å². The van der Waals surface area contributed by atoms with Crippen LogP contribution in [0.25, 0.3) is 11.3 Å². The third-order valence-electron chi connectivity index (χ3n) is 5.24. The summed E-state index contributed by atoms with van der Waals surface area (Å²) in [7, 11) is 0. The van der Waals surface area contributed by atoms with Gasteiger partial charge in [-0.2, -0.15) is 0 Å². The minimum atomic E-state index is -0.320. The summed E-state index contributed by atoms with van der Waals surface area (Å²) in [6, 6.07) is 7.92. The molecule has 0 unspecified atom stereocenters. The lowest BCUT2D eigenvalue weighted by Crippen LogP contribution is -2.41. The molecule has 1 aromatic heterocycles. The number of benzene rings is 1. The molecule has 0 radical (unpaired) electrons. The van der Waals surface area contributed by atoms with E-state index in [2.05, 4.69) is 5.16 Å². The maximum Gasteiger partial charge on any atom is 0.252 e. The van der Waals surface area contributed by atoms with Gasteiger partial charge < -0.3 is 14.2 Å². The number of halogens is 1. The van der Waals surface area contributed by atoms with E-state index in [0.717, 1.165) is 56.3 Å². The Morgan fingerprint density at radius 1 is 1.12 bits per heavy atom. The van der Waals surface area contributed by atoms with E-state index in [9.17, 15) is 9.18 Å². The number of hydrogen-bond donors (Lipinski definition) is 0. The summed E-state index contributed by atoms with van der Waals surface area (Å²) in [4.78, 5) is 14.9. The highest BCUT2D eigenvalue weighted by molar-refractivity contribution is 5.81. The lowest BCUT2D eigenvalue weighted by Gasteiger charge is -2.30. The molecule has 0 saturated carbocycles. The van der Waals surface area contributed by atoms with Crippen LogP contribution in [-0.2, 0) is 9.53 Å². The number of likely N-dealkylation sites (tertiary alicyclic amines) is 1. The van der Waals surface area contributed by atoms with Crippen LogP contribution in [0.5, 0.6) is 0 Å². The third kappa shape index (κ3) is 3.51. The zero-order chi connectivity index (χ0) is 17.9. The molecule has 1 aromatic carbocycles. The fourth-order valence-electron chi connectivity index (χ4n) is 3.83. The quantitative estimate of drug-likeness (QED) is 0.829. The Morgan fingerprint density at radius 3 is 2.73 bits per heavy atom. The molecule has 0 spiro atoms. The van der Waals surface area contributed by atoms with Crippen LogP contribution in [-0.4, -0.2) is 35.2 Å².